The van der Waals surface area contributed by atoms with Gasteiger partial charge in [0.1, 0.15) is 11.4 Å². The van der Waals surface area contributed by atoms with E-state index in [1.165, 1.54) is 0 Å². The zero-order valence-corrected chi connectivity index (χ0v) is 16.2. The SMILES string of the molecule is CCN(CC)C(=O)c1cccc(C(=O)Nc2c(C)cccc2C(C)C)n1. The Morgan fingerprint density at radius 2 is 1.65 bits per heavy atom. The highest BCUT2D eigenvalue weighted by atomic mass is 16.2. The molecule has 1 aromatic heterocycles. The van der Waals surface area contributed by atoms with E-state index >= 15 is 0 Å². The van der Waals surface area contributed by atoms with Crippen LogP contribution in [0.25, 0.3) is 0 Å². The van der Waals surface area contributed by atoms with Gasteiger partial charge in [-0.2, -0.15) is 0 Å². The van der Waals surface area contributed by atoms with Crippen molar-refractivity contribution in [3.05, 3.63) is 58.9 Å². The third kappa shape index (κ3) is 4.28. The van der Waals surface area contributed by atoms with Crippen LogP contribution in [0, 0.1) is 6.92 Å². The van der Waals surface area contributed by atoms with Crippen LogP contribution in [0.5, 0.6) is 0 Å². The Labute approximate surface area is 155 Å². The predicted octanol–water partition coefficient (Wildman–Crippen LogP) is 4.25. The molecule has 0 unspecified atom stereocenters. The van der Waals surface area contributed by atoms with Crippen molar-refractivity contribution in [2.75, 3.05) is 18.4 Å². The van der Waals surface area contributed by atoms with Gasteiger partial charge >= 0.3 is 0 Å². The van der Waals surface area contributed by atoms with Gasteiger partial charge in [-0.1, -0.05) is 38.1 Å². The molecule has 0 atom stereocenters. The van der Waals surface area contributed by atoms with Gasteiger partial charge in [0.2, 0.25) is 0 Å². The lowest BCUT2D eigenvalue weighted by Gasteiger charge is -2.18. The summed E-state index contributed by atoms with van der Waals surface area (Å²) in [5, 5.41) is 2.97. The number of aromatic nitrogens is 1. The monoisotopic (exact) mass is 353 g/mol. The van der Waals surface area contributed by atoms with Gasteiger partial charge in [-0.05, 0) is 49.9 Å². The van der Waals surface area contributed by atoms with Gasteiger partial charge in [0.05, 0.1) is 0 Å². The average molecular weight is 353 g/mol. The highest BCUT2D eigenvalue weighted by Crippen LogP contribution is 2.27. The van der Waals surface area contributed by atoms with Crippen LogP contribution in [-0.2, 0) is 0 Å². The molecule has 0 aliphatic heterocycles. The number of hydrogen-bond donors (Lipinski definition) is 1. The third-order valence-corrected chi connectivity index (χ3v) is 4.42. The van der Waals surface area contributed by atoms with Crippen LogP contribution in [-0.4, -0.2) is 34.8 Å². The number of aryl methyl sites for hydroxylation is 1. The molecule has 0 radical (unpaired) electrons. The number of benzene rings is 1. The van der Waals surface area contributed by atoms with Crippen LogP contribution in [0.15, 0.2) is 36.4 Å². The molecule has 138 valence electrons. The molecule has 5 nitrogen and oxygen atoms in total. The summed E-state index contributed by atoms with van der Waals surface area (Å²) < 4.78 is 0. The van der Waals surface area contributed by atoms with E-state index in [1.54, 1.807) is 23.1 Å². The summed E-state index contributed by atoms with van der Waals surface area (Å²) in [7, 11) is 0. The van der Waals surface area contributed by atoms with E-state index in [4.69, 9.17) is 0 Å². The number of amides is 2. The molecule has 1 N–H and O–H groups in total. The minimum Gasteiger partial charge on any atom is -0.338 e. The fourth-order valence-corrected chi connectivity index (χ4v) is 2.87. The zero-order chi connectivity index (χ0) is 19.3. The minimum absolute atomic E-state index is 0.164. The summed E-state index contributed by atoms with van der Waals surface area (Å²) in [5.74, 6) is -0.187. The van der Waals surface area contributed by atoms with Crippen molar-refractivity contribution in [1.29, 1.82) is 0 Å². The van der Waals surface area contributed by atoms with Gasteiger partial charge in [0.25, 0.3) is 11.8 Å². The first kappa shape index (κ1) is 19.6. The Bertz CT molecular complexity index is 796. The minimum atomic E-state index is -0.310. The molecule has 0 saturated heterocycles. The van der Waals surface area contributed by atoms with E-state index in [0.717, 1.165) is 16.8 Å². The van der Waals surface area contributed by atoms with Crippen LogP contribution in [0.2, 0.25) is 0 Å². The molecule has 0 aliphatic rings. The highest BCUT2D eigenvalue weighted by molar-refractivity contribution is 6.04. The number of carbonyl (C=O) groups is 2. The Morgan fingerprint density at radius 1 is 1.04 bits per heavy atom. The number of hydrogen-bond acceptors (Lipinski definition) is 3. The molecule has 0 aliphatic carbocycles. The normalized spacial score (nSPS) is 10.7. The van der Waals surface area contributed by atoms with Crippen molar-refractivity contribution >= 4 is 17.5 Å². The van der Waals surface area contributed by atoms with Crippen molar-refractivity contribution < 1.29 is 9.59 Å². The molecular weight excluding hydrogens is 326 g/mol. The lowest BCUT2D eigenvalue weighted by atomic mass is 9.98. The number of para-hydroxylation sites is 1. The quantitative estimate of drug-likeness (QED) is 0.844. The van der Waals surface area contributed by atoms with Crippen LogP contribution in [0.1, 0.15) is 65.7 Å². The fourth-order valence-electron chi connectivity index (χ4n) is 2.87. The Morgan fingerprint density at radius 3 is 2.27 bits per heavy atom. The maximum absolute atomic E-state index is 12.7. The number of carbonyl (C=O) groups excluding carboxylic acids is 2. The zero-order valence-electron chi connectivity index (χ0n) is 16.2. The molecule has 26 heavy (non-hydrogen) atoms. The van der Waals surface area contributed by atoms with E-state index in [2.05, 4.69) is 24.1 Å². The lowest BCUT2D eigenvalue weighted by molar-refractivity contribution is 0.0767. The summed E-state index contributed by atoms with van der Waals surface area (Å²) in [4.78, 5) is 31.2. The average Bonchev–Trinajstić information content (AvgIpc) is 2.64. The Hall–Kier alpha value is -2.69. The summed E-state index contributed by atoms with van der Waals surface area (Å²) in [6.45, 7) is 11.2. The maximum Gasteiger partial charge on any atom is 0.274 e. The van der Waals surface area contributed by atoms with Gasteiger partial charge in [0, 0.05) is 18.8 Å². The van der Waals surface area contributed by atoms with Crippen molar-refractivity contribution in [3.8, 4) is 0 Å². The number of rotatable bonds is 6. The van der Waals surface area contributed by atoms with E-state index in [-0.39, 0.29) is 29.1 Å². The smallest absolute Gasteiger partial charge is 0.274 e. The van der Waals surface area contributed by atoms with Gasteiger partial charge < -0.3 is 10.2 Å². The topological polar surface area (TPSA) is 62.3 Å². The van der Waals surface area contributed by atoms with Crippen LogP contribution in [0.3, 0.4) is 0 Å². The van der Waals surface area contributed by atoms with Gasteiger partial charge in [-0.15, -0.1) is 0 Å². The van der Waals surface area contributed by atoms with Crippen molar-refractivity contribution in [2.24, 2.45) is 0 Å². The second-order valence-corrected chi connectivity index (χ2v) is 6.53. The molecule has 1 aromatic carbocycles. The van der Waals surface area contributed by atoms with Gasteiger partial charge in [-0.25, -0.2) is 4.98 Å². The summed E-state index contributed by atoms with van der Waals surface area (Å²) in [6, 6.07) is 10.9. The standard InChI is InChI=1S/C21H27N3O2/c1-6-24(7-2)21(26)18-13-9-12-17(22-18)20(25)23-19-15(5)10-8-11-16(19)14(3)4/h8-14H,6-7H2,1-5H3,(H,23,25). The summed E-state index contributed by atoms with van der Waals surface area (Å²) >= 11 is 0. The Balaban J connectivity index is 2.30. The maximum atomic E-state index is 12.7. The largest absolute Gasteiger partial charge is 0.338 e. The van der Waals surface area contributed by atoms with Crippen LogP contribution in [0.4, 0.5) is 5.69 Å². The molecule has 2 rings (SSSR count). The van der Waals surface area contributed by atoms with Crippen molar-refractivity contribution in [1.82, 2.24) is 9.88 Å². The Kier molecular flexibility index (Phi) is 6.50. The van der Waals surface area contributed by atoms with Crippen molar-refractivity contribution in [3.63, 3.8) is 0 Å². The summed E-state index contributed by atoms with van der Waals surface area (Å²) in [5.41, 5.74) is 3.42. The van der Waals surface area contributed by atoms with Crippen LogP contribution >= 0.6 is 0 Å². The fraction of sp³-hybridized carbons (Fsp3) is 0.381. The molecule has 0 spiro atoms. The lowest BCUT2D eigenvalue weighted by Crippen LogP contribution is -2.31. The van der Waals surface area contributed by atoms with E-state index in [9.17, 15) is 9.59 Å². The number of nitrogens with one attached hydrogen (secondary N) is 1. The van der Waals surface area contributed by atoms with E-state index < -0.39 is 0 Å². The molecule has 2 amide bonds. The van der Waals surface area contributed by atoms with Gasteiger partial charge in [0.15, 0.2) is 0 Å². The molecule has 5 heteroatoms. The molecule has 0 saturated carbocycles. The van der Waals surface area contributed by atoms with Crippen LogP contribution < -0.4 is 5.32 Å². The number of anilines is 1. The second kappa shape index (κ2) is 8.61. The van der Waals surface area contributed by atoms with E-state index in [0.29, 0.717) is 13.1 Å². The first-order valence-corrected chi connectivity index (χ1v) is 9.06. The van der Waals surface area contributed by atoms with Gasteiger partial charge in [-0.3, -0.25) is 9.59 Å². The number of nitrogens with zero attached hydrogens (tertiary/aromatic N) is 2. The van der Waals surface area contributed by atoms with E-state index in [1.807, 2.05) is 39.0 Å². The molecule has 0 fully saturated rings. The first-order valence-electron chi connectivity index (χ1n) is 9.06. The molecule has 2 aromatic rings. The molecular formula is C21H27N3O2. The first-order chi connectivity index (χ1) is 12.4. The highest BCUT2D eigenvalue weighted by Gasteiger charge is 2.18. The summed E-state index contributed by atoms with van der Waals surface area (Å²) in [6.07, 6.45) is 0. The second-order valence-electron chi connectivity index (χ2n) is 6.53. The molecule has 1 heterocycles. The number of pyridine rings is 1. The molecule has 0 bridgehead atoms. The van der Waals surface area contributed by atoms with Crippen molar-refractivity contribution in [2.45, 2.75) is 40.5 Å². The predicted molar refractivity (Wildman–Crippen MR) is 105 cm³/mol. The third-order valence-electron chi connectivity index (χ3n) is 4.42.